The lowest BCUT2D eigenvalue weighted by Gasteiger charge is -2.30. The van der Waals surface area contributed by atoms with Crippen molar-refractivity contribution in [3.05, 3.63) is 0 Å². The number of hydroxylamine groups is 3. The van der Waals surface area contributed by atoms with E-state index in [1.807, 2.05) is 0 Å². The van der Waals surface area contributed by atoms with Crippen molar-refractivity contribution >= 4 is 0 Å². The van der Waals surface area contributed by atoms with Gasteiger partial charge in [-0.05, 0) is 32.1 Å². The molecular formula is C35H74NO+. The van der Waals surface area contributed by atoms with Crippen LogP contribution in [0.2, 0.25) is 0 Å². The summed E-state index contributed by atoms with van der Waals surface area (Å²) in [6.07, 6.45) is 40.3. The quantitative estimate of drug-likeness (QED) is 0.0527. The van der Waals surface area contributed by atoms with Crippen LogP contribution in [-0.4, -0.2) is 29.5 Å². The highest BCUT2D eigenvalue weighted by molar-refractivity contribution is 4.51. The van der Waals surface area contributed by atoms with Crippen molar-refractivity contribution < 1.29 is 9.85 Å². The molecule has 2 heteroatoms. The van der Waals surface area contributed by atoms with Gasteiger partial charge in [0.2, 0.25) is 0 Å². The minimum atomic E-state index is 0.340. The summed E-state index contributed by atoms with van der Waals surface area (Å²) in [6, 6.07) is 0. The van der Waals surface area contributed by atoms with Gasteiger partial charge in [-0.15, -0.1) is 0 Å². The van der Waals surface area contributed by atoms with Crippen molar-refractivity contribution in [1.82, 2.24) is 0 Å². The Bertz CT molecular complexity index is 378. The lowest BCUT2D eigenvalue weighted by Crippen LogP contribution is -2.46. The van der Waals surface area contributed by atoms with Crippen LogP contribution in [0.5, 0.6) is 0 Å². The molecule has 2 nitrogen and oxygen atoms in total. The zero-order valence-corrected chi connectivity index (χ0v) is 26.5. The van der Waals surface area contributed by atoms with Gasteiger partial charge in [-0.1, -0.05) is 175 Å². The second-order valence-corrected chi connectivity index (χ2v) is 12.5. The molecule has 0 heterocycles. The maximum absolute atomic E-state index is 11.1. The van der Waals surface area contributed by atoms with E-state index >= 15 is 0 Å². The van der Waals surface area contributed by atoms with Crippen LogP contribution < -0.4 is 0 Å². The topological polar surface area (TPSA) is 20.2 Å². The van der Waals surface area contributed by atoms with E-state index in [0.717, 1.165) is 26.1 Å². The predicted molar refractivity (Wildman–Crippen MR) is 168 cm³/mol. The molecule has 0 amide bonds. The van der Waals surface area contributed by atoms with Crippen LogP contribution in [0, 0.1) is 0 Å². The van der Waals surface area contributed by atoms with Crippen molar-refractivity contribution in [3.63, 3.8) is 0 Å². The summed E-state index contributed by atoms with van der Waals surface area (Å²) in [5, 5.41) is 11.1. The van der Waals surface area contributed by atoms with E-state index in [-0.39, 0.29) is 0 Å². The van der Waals surface area contributed by atoms with E-state index < -0.39 is 0 Å². The first-order chi connectivity index (χ1) is 18.2. The van der Waals surface area contributed by atoms with Crippen LogP contribution in [0.4, 0.5) is 0 Å². The standard InChI is InChI=1S/C35H74NO/c1-4-7-9-11-13-15-17-19-21-23-25-27-29-31-34-36(37,33-6-3)35-32-30-28-26-24-22-20-18-16-14-12-10-8-5-2/h37H,4-35H2,1-3H3/q+1. The van der Waals surface area contributed by atoms with Gasteiger partial charge < -0.3 is 0 Å². The molecule has 0 spiro atoms. The largest absolute Gasteiger partial charge is 0.217 e. The van der Waals surface area contributed by atoms with Crippen molar-refractivity contribution in [3.8, 4) is 0 Å². The molecule has 0 bridgehead atoms. The first-order valence-electron chi connectivity index (χ1n) is 17.8. The van der Waals surface area contributed by atoms with E-state index in [2.05, 4.69) is 20.8 Å². The maximum atomic E-state index is 11.1. The van der Waals surface area contributed by atoms with E-state index in [4.69, 9.17) is 0 Å². The Morgan fingerprint density at radius 1 is 0.270 bits per heavy atom. The average molecular weight is 525 g/mol. The smallest absolute Gasteiger partial charge is 0.109 e. The van der Waals surface area contributed by atoms with E-state index in [1.165, 1.54) is 180 Å². The third kappa shape index (κ3) is 28.7. The van der Waals surface area contributed by atoms with Gasteiger partial charge in [-0.25, -0.2) is 5.21 Å². The fraction of sp³-hybridized carbons (Fsp3) is 1.00. The lowest BCUT2D eigenvalue weighted by atomic mass is 10.0. The van der Waals surface area contributed by atoms with E-state index in [0.29, 0.717) is 4.65 Å². The van der Waals surface area contributed by atoms with Crippen LogP contribution in [0.25, 0.3) is 0 Å². The SMILES string of the molecule is CCCCCCCCCCCCCCCC[N+](O)(CCC)CCCCCCCCCCCCCCCC. The van der Waals surface area contributed by atoms with Crippen molar-refractivity contribution in [2.45, 2.75) is 207 Å². The molecule has 0 saturated carbocycles. The minimum absolute atomic E-state index is 0.340. The number of rotatable bonds is 32. The van der Waals surface area contributed by atoms with Crippen molar-refractivity contribution in [2.75, 3.05) is 19.6 Å². The van der Waals surface area contributed by atoms with Crippen LogP contribution in [0.3, 0.4) is 0 Å². The van der Waals surface area contributed by atoms with Crippen LogP contribution >= 0.6 is 0 Å². The summed E-state index contributed by atoms with van der Waals surface area (Å²) in [5.41, 5.74) is 0. The zero-order valence-electron chi connectivity index (χ0n) is 26.5. The fourth-order valence-corrected chi connectivity index (χ4v) is 5.95. The third-order valence-corrected chi connectivity index (χ3v) is 8.50. The van der Waals surface area contributed by atoms with Gasteiger partial charge in [0, 0.05) is 0 Å². The maximum Gasteiger partial charge on any atom is 0.109 e. The minimum Gasteiger partial charge on any atom is -0.217 e. The van der Waals surface area contributed by atoms with Crippen molar-refractivity contribution in [1.29, 1.82) is 0 Å². The normalized spacial score (nSPS) is 12.0. The summed E-state index contributed by atoms with van der Waals surface area (Å²) >= 11 is 0. The predicted octanol–water partition coefficient (Wildman–Crippen LogP) is 12.6. The number of unbranched alkanes of at least 4 members (excludes halogenated alkanes) is 26. The van der Waals surface area contributed by atoms with Gasteiger partial charge in [-0.2, -0.15) is 4.65 Å². The highest BCUT2D eigenvalue weighted by Gasteiger charge is 2.23. The second kappa shape index (κ2) is 30.5. The molecule has 0 unspecified atom stereocenters. The Hall–Kier alpha value is -0.0800. The first-order valence-corrected chi connectivity index (χ1v) is 17.8. The fourth-order valence-electron chi connectivity index (χ4n) is 5.95. The number of quaternary nitrogens is 1. The molecule has 224 valence electrons. The summed E-state index contributed by atoms with van der Waals surface area (Å²) in [4.78, 5) is 0. The highest BCUT2D eigenvalue weighted by Crippen LogP contribution is 2.17. The number of hydrogen-bond donors (Lipinski definition) is 1. The summed E-state index contributed by atoms with van der Waals surface area (Å²) in [6.45, 7) is 9.71. The highest BCUT2D eigenvalue weighted by atomic mass is 16.5. The Balaban J connectivity index is 3.52. The first kappa shape index (κ1) is 36.9. The molecular weight excluding hydrogens is 450 g/mol. The van der Waals surface area contributed by atoms with E-state index in [1.54, 1.807) is 0 Å². The Morgan fingerprint density at radius 2 is 0.486 bits per heavy atom. The molecule has 37 heavy (non-hydrogen) atoms. The van der Waals surface area contributed by atoms with Crippen LogP contribution in [-0.2, 0) is 0 Å². The molecule has 0 saturated heterocycles. The van der Waals surface area contributed by atoms with E-state index in [9.17, 15) is 5.21 Å². The van der Waals surface area contributed by atoms with Gasteiger partial charge in [-0.3, -0.25) is 0 Å². The molecule has 0 aromatic carbocycles. The Labute approximate surface area is 236 Å². The summed E-state index contributed by atoms with van der Waals surface area (Å²) in [7, 11) is 0. The Kier molecular flexibility index (Phi) is 30.4. The monoisotopic (exact) mass is 525 g/mol. The second-order valence-electron chi connectivity index (χ2n) is 12.5. The zero-order chi connectivity index (χ0) is 27.1. The number of nitrogens with zero attached hydrogens (tertiary/aromatic N) is 1. The lowest BCUT2D eigenvalue weighted by molar-refractivity contribution is -1.10. The molecule has 0 aliphatic heterocycles. The molecule has 0 atom stereocenters. The van der Waals surface area contributed by atoms with Gasteiger partial charge >= 0.3 is 0 Å². The molecule has 0 radical (unpaired) electrons. The molecule has 0 rings (SSSR count). The summed E-state index contributed by atoms with van der Waals surface area (Å²) < 4.78 is 0.340. The van der Waals surface area contributed by atoms with Crippen LogP contribution in [0.1, 0.15) is 207 Å². The van der Waals surface area contributed by atoms with Gasteiger partial charge in [0.05, 0.1) is 0 Å². The number of hydrogen-bond acceptors (Lipinski definition) is 1. The molecule has 0 aromatic rings. The molecule has 0 aromatic heterocycles. The Morgan fingerprint density at radius 3 is 0.703 bits per heavy atom. The van der Waals surface area contributed by atoms with Gasteiger partial charge in [0.25, 0.3) is 0 Å². The average Bonchev–Trinajstić information content (AvgIpc) is 2.89. The van der Waals surface area contributed by atoms with Crippen LogP contribution in [0.15, 0.2) is 0 Å². The molecule has 0 aliphatic rings. The summed E-state index contributed by atoms with van der Waals surface area (Å²) in [5.74, 6) is 0. The molecule has 0 aliphatic carbocycles. The van der Waals surface area contributed by atoms with Gasteiger partial charge in [0.15, 0.2) is 0 Å². The molecule has 0 fully saturated rings. The van der Waals surface area contributed by atoms with Crippen molar-refractivity contribution in [2.24, 2.45) is 0 Å². The molecule has 1 N–H and O–H groups in total. The third-order valence-electron chi connectivity index (χ3n) is 8.50. The van der Waals surface area contributed by atoms with Gasteiger partial charge in [0.1, 0.15) is 19.6 Å².